The van der Waals surface area contributed by atoms with Crippen molar-refractivity contribution in [3.05, 3.63) is 83.0 Å². The fourth-order valence-corrected chi connectivity index (χ4v) is 2.91. The van der Waals surface area contributed by atoms with Gasteiger partial charge < -0.3 is 4.74 Å². The average molecular weight is 346 g/mol. The van der Waals surface area contributed by atoms with Crippen molar-refractivity contribution in [2.24, 2.45) is 0 Å². The van der Waals surface area contributed by atoms with Gasteiger partial charge in [0.25, 0.3) is 5.56 Å². The van der Waals surface area contributed by atoms with E-state index in [4.69, 9.17) is 4.74 Å². The van der Waals surface area contributed by atoms with Gasteiger partial charge in [0.15, 0.2) is 5.65 Å². The molecule has 0 atom stereocenters. The van der Waals surface area contributed by atoms with E-state index in [9.17, 15) is 4.79 Å². The lowest BCUT2D eigenvalue weighted by Crippen LogP contribution is -2.21. The van der Waals surface area contributed by atoms with Crippen molar-refractivity contribution in [2.45, 2.75) is 13.0 Å². The van der Waals surface area contributed by atoms with Gasteiger partial charge in [0.1, 0.15) is 11.1 Å². The largest absolute Gasteiger partial charge is 0.497 e. The number of fused-ring (bicyclic) bond motifs is 1. The van der Waals surface area contributed by atoms with Crippen molar-refractivity contribution in [3.63, 3.8) is 0 Å². The second-order valence-electron chi connectivity index (χ2n) is 5.97. The van der Waals surface area contributed by atoms with Crippen molar-refractivity contribution in [2.75, 3.05) is 7.11 Å². The normalized spacial score (nSPS) is 11.0. The first-order valence-electron chi connectivity index (χ1n) is 8.38. The molecule has 0 amide bonds. The van der Waals surface area contributed by atoms with Gasteiger partial charge in [-0.1, -0.05) is 30.3 Å². The van der Waals surface area contributed by atoms with Crippen molar-refractivity contribution < 1.29 is 4.74 Å². The van der Waals surface area contributed by atoms with Crippen LogP contribution in [0.5, 0.6) is 5.75 Å². The molecule has 4 rings (SSSR count). The van der Waals surface area contributed by atoms with Gasteiger partial charge in [-0.15, -0.1) is 0 Å². The molecule has 0 aliphatic carbocycles. The summed E-state index contributed by atoms with van der Waals surface area (Å²) in [6, 6.07) is 17.5. The van der Waals surface area contributed by atoms with Crippen molar-refractivity contribution in [1.29, 1.82) is 0 Å². The molecule has 2 heterocycles. The van der Waals surface area contributed by atoms with E-state index in [1.54, 1.807) is 28.9 Å². The second-order valence-corrected chi connectivity index (χ2v) is 5.97. The molecule has 0 saturated heterocycles. The lowest BCUT2D eigenvalue weighted by atomic mass is 10.1. The van der Waals surface area contributed by atoms with E-state index in [-0.39, 0.29) is 5.56 Å². The van der Waals surface area contributed by atoms with Crippen LogP contribution in [0.2, 0.25) is 0 Å². The van der Waals surface area contributed by atoms with Gasteiger partial charge in [-0.2, -0.15) is 5.10 Å². The standard InChI is InChI=1S/C20H18N4O2/c1-26-17-9-7-15(8-10-17)11-12-23-14-21-19-18(20(23)25)13-22-24(19)16-5-3-2-4-6-16/h2-10,13-14H,11-12H2,1H3. The molecule has 0 fully saturated rings. The molecule has 4 aromatic rings. The summed E-state index contributed by atoms with van der Waals surface area (Å²) in [6.07, 6.45) is 3.92. The number of aromatic nitrogens is 4. The molecular weight excluding hydrogens is 328 g/mol. The fraction of sp³-hybridized carbons (Fsp3) is 0.150. The minimum atomic E-state index is -0.0781. The van der Waals surface area contributed by atoms with E-state index < -0.39 is 0 Å². The quantitative estimate of drug-likeness (QED) is 0.557. The molecule has 130 valence electrons. The molecule has 0 bridgehead atoms. The number of methoxy groups -OCH3 is 1. The number of ether oxygens (including phenoxy) is 1. The SMILES string of the molecule is COc1ccc(CCn2cnc3c(cnn3-c3ccccc3)c2=O)cc1. The summed E-state index contributed by atoms with van der Waals surface area (Å²) in [6.45, 7) is 0.560. The number of rotatable bonds is 5. The van der Waals surface area contributed by atoms with Gasteiger partial charge in [0, 0.05) is 6.54 Å². The zero-order valence-corrected chi connectivity index (χ0v) is 14.4. The number of para-hydroxylation sites is 1. The summed E-state index contributed by atoms with van der Waals surface area (Å²) in [7, 11) is 1.64. The Labute approximate surface area is 150 Å². The number of hydrogen-bond donors (Lipinski definition) is 0. The van der Waals surface area contributed by atoms with Gasteiger partial charge in [-0.25, -0.2) is 9.67 Å². The van der Waals surface area contributed by atoms with Gasteiger partial charge >= 0.3 is 0 Å². The molecule has 0 aliphatic rings. The lowest BCUT2D eigenvalue weighted by molar-refractivity contribution is 0.414. The van der Waals surface area contributed by atoms with Crippen LogP contribution in [0.25, 0.3) is 16.7 Å². The first-order chi connectivity index (χ1) is 12.8. The van der Waals surface area contributed by atoms with Crippen molar-refractivity contribution >= 4 is 11.0 Å². The monoisotopic (exact) mass is 346 g/mol. The van der Waals surface area contributed by atoms with E-state index in [0.717, 1.165) is 23.4 Å². The van der Waals surface area contributed by atoms with Crippen LogP contribution in [0, 0.1) is 0 Å². The highest BCUT2D eigenvalue weighted by atomic mass is 16.5. The molecule has 0 spiro atoms. The van der Waals surface area contributed by atoms with E-state index in [1.807, 2.05) is 54.6 Å². The Hall–Kier alpha value is -3.41. The maximum Gasteiger partial charge on any atom is 0.264 e. The van der Waals surface area contributed by atoms with Crippen LogP contribution in [0.3, 0.4) is 0 Å². The summed E-state index contributed by atoms with van der Waals surface area (Å²) in [5.41, 5.74) is 2.51. The van der Waals surface area contributed by atoms with Crippen LogP contribution in [0.15, 0.2) is 71.9 Å². The molecule has 0 aliphatic heterocycles. The van der Waals surface area contributed by atoms with Crippen LogP contribution < -0.4 is 10.3 Å². The van der Waals surface area contributed by atoms with Crippen LogP contribution >= 0.6 is 0 Å². The zero-order chi connectivity index (χ0) is 17.9. The van der Waals surface area contributed by atoms with Crippen molar-refractivity contribution in [3.8, 4) is 11.4 Å². The molecule has 6 heteroatoms. The van der Waals surface area contributed by atoms with E-state index >= 15 is 0 Å². The Bertz CT molecular complexity index is 1080. The molecule has 0 saturated carbocycles. The maximum absolute atomic E-state index is 12.7. The molecular formula is C20H18N4O2. The minimum absolute atomic E-state index is 0.0781. The van der Waals surface area contributed by atoms with Crippen LogP contribution in [0.1, 0.15) is 5.56 Å². The molecule has 2 aromatic heterocycles. The van der Waals surface area contributed by atoms with Crippen LogP contribution in [-0.4, -0.2) is 26.4 Å². The highest BCUT2D eigenvalue weighted by molar-refractivity contribution is 5.74. The summed E-state index contributed by atoms with van der Waals surface area (Å²) in [5, 5.41) is 4.85. The average Bonchev–Trinajstić information content (AvgIpc) is 3.13. The van der Waals surface area contributed by atoms with E-state index in [0.29, 0.717) is 17.6 Å². The molecule has 0 radical (unpaired) electrons. The second kappa shape index (κ2) is 6.84. The number of aryl methyl sites for hydroxylation is 2. The van der Waals surface area contributed by atoms with E-state index in [1.165, 1.54) is 0 Å². The highest BCUT2D eigenvalue weighted by Gasteiger charge is 2.11. The van der Waals surface area contributed by atoms with Crippen molar-refractivity contribution in [1.82, 2.24) is 19.3 Å². The Balaban J connectivity index is 1.61. The molecule has 26 heavy (non-hydrogen) atoms. The highest BCUT2D eigenvalue weighted by Crippen LogP contribution is 2.14. The predicted octanol–water partition coefficient (Wildman–Crippen LogP) is 2.83. The van der Waals surface area contributed by atoms with Gasteiger partial charge in [0.2, 0.25) is 0 Å². The van der Waals surface area contributed by atoms with Gasteiger partial charge in [0.05, 0.1) is 25.3 Å². The lowest BCUT2D eigenvalue weighted by Gasteiger charge is -2.07. The summed E-state index contributed by atoms with van der Waals surface area (Å²) >= 11 is 0. The third-order valence-corrected chi connectivity index (χ3v) is 4.36. The Morgan fingerprint density at radius 2 is 1.81 bits per heavy atom. The van der Waals surface area contributed by atoms with Crippen LogP contribution in [0.4, 0.5) is 0 Å². The summed E-state index contributed by atoms with van der Waals surface area (Å²) in [5.74, 6) is 0.822. The van der Waals surface area contributed by atoms with E-state index in [2.05, 4.69) is 10.1 Å². The first-order valence-corrected chi connectivity index (χ1v) is 8.38. The predicted molar refractivity (Wildman–Crippen MR) is 99.8 cm³/mol. The fourth-order valence-electron chi connectivity index (χ4n) is 2.91. The number of hydrogen-bond acceptors (Lipinski definition) is 4. The zero-order valence-electron chi connectivity index (χ0n) is 14.4. The molecule has 2 aromatic carbocycles. The smallest absolute Gasteiger partial charge is 0.264 e. The summed E-state index contributed by atoms with van der Waals surface area (Å²) in [4.78, 5) is 17.2. The number of benzene rings is 2. The maximum atomic E-state index is 12.7. The Kier molecular flexibility index (Phi) is 4.23. The third-order valence-electron chi connectivity index (χ3n) is 4.36. The Morgan fingerprint density at radius 1 is 1.04 bits per heavy atom. The summed E-state index contributed by atoms with van der Waals surface area (Å²) < 4.78 is 8.48. The molecule has 0 N–H and O–H groups in total. The first kappa shape index (κ1) is 16.1. The van der Waals surface area contributed by atoms with Crippen LogP contribution in [-0.2, 0) is 13.0 Å². The van der Waals surface area contributed by atoms with Gasteiger partial charge in [-0.3, -0.25) is 9.36 Å². The minimum Gasteiger partial charge on any atom is -0.497 e. The molecule has 6 nitrogen and oxygen atoms in total. The Morgan fingerprint density at radius 3 is 2.54 bits per heavy atom. The van der Waals surface area contributed by atoms with Gasteiger partial charge in [-0.05, 0) is 36.2 Å². The molecule has 0 unspecified atom stereocenters. The third kappa shape index (κ3) is 2.97. The topological polar surface area (TPSA) is 61.9 Å². The number of nitrogens with zero attached hydrogens (tertiary/aromatic N) is 4.